The maximum atomic E-state index is 11.7. The average Bonchev–Trinajstić information content (AvgIpc) is 2.60. The molecule has 0 aliphatic heterocycles. The second-order valence-electron chi connectivity index (χ2n) is 4.80. The van der Waals surface area contributed by atoms with Gasteiger partial charge in [-0.1, -0.05) is 20.8 Å². The number of phosphoric ester groups is 1. The Hall–Kier alpha value is -1.48. The Bertz CT molecular complexity index is 483. The van der Waals surface area contributed by atoms with Crippen LogP contribution in [0.3, 0.4) is 0 Å². The molecule has 2 N–H and O–H groups in total. The average molecular weight is 383 g/mol. The molecular formula is C14H26NO9P. The lowest BCUT2D eigenvalue weighted by atomic mass is 10.4. The summed E-state index contributed by atoms with van der Waals surface area (Å²) in [5.74, 6) is -1.30. The van der Waals surface area contributed by atoms with Crippen LogP contribution in [0.15, 0.2) is 0 Å². The minimum absolute atomic E-state index is 0.0446. The SMILES string of the molecule is CCC(=O)NCCOP(=O)(O)OCC(COC(=O)CC)OC(=O)CC. The summed E-state index contributed by atoms with van der Waals surface area (Å²) in [6.45, 7) is 3.86. The van der Waals surface area contributed by atoms with Crippen molar-refractivity contribution in [3.8, 4) is 0 Å². The molecule has 0 aliphatic carbocycles. The second kappa shape index (κ2) is 12.8. The van der Waals surface area contributed by atoms with Crippen molar-refractivity contribution in [2.45, 2.75) is 46.1 Å². The number of ether oxygens (including phenoxy) is 2. The highest BCUT2D eigenvalue weighted by molar-refractivity contribution is 7.47. The molecule has 2 unspecified atom stereocenters. The zero-order valence-corrected chi connectivity index (χ0v) is 15.6. The van der Waals surface area contributed by atoms with E-state index in [1.165, 1.54) is 0 Å². The Labute approximate surface area is 146 Å². The number of phosphoric acid groups is 1. The molecule has 0 spiro atoms. The van der Waals surface area contributed by atoms with Crippen LogP contribution in [-0.4, -0.2) is 55.2 Å². The molecule has 0 aromatic carbocycles. The van der Waals surface area contributed by atoms with Crippen LogP contribution < -0.4 is 5.32 Å². The van der Waals surface area contributed by atoms with Gasteiger partial charge in [0.15, 0.2) is 6.10 Å². The molecular weight excluding hydrogens is 357 g/mol. The maximum absolute atomic E-state index is 11.7. The van der Waals surface area contributed by atoms with Gasteiger partial charge in [-0.05, 0) is 0 Å². The monoisotopic (exact) mass is 383 g/mol. The summed E-state index contributed by atoms with van der Waals surface area (Å²) < 4.78 is 31.0. The van der Waals surface area contributed by atoms with E-state index in [1.54, 1.807) is 20.8 Å². The number of hydrogen-bond acceptors (Lipinski definition) is 8. The molecule has 146 valence electrons. The molecule has 2 atom stereocenters. The van der Waals surface area contributed by atoms with E-state index in [4.69, 9.17) is 14.0 Å². The molecule has 0 rings (SSSR count). The summed E-state index contributed by atoms with van der Waals surface area (Å²) in [6.07, 6.45) is -0.524. The fourth-order valence-electron chi connectivity index (χ4n) is 1.36. The third-order valence-electron chi connectivity index (χ3n) is 2.73. The first kappa shape index (κ1) is 23.5. The maximum Gasteiger partial charge on any atom is 0.472 e. The zero-order valence-electron chi connectivity index (χ0n) is 14.7. The quantitative estimate of drug-likeness (QED) is 0.270. The summed E-state index contributed by atoms with van der Waals surface area (Å²) in [4.78, 5) is 43.1. The van der Waals surface area contributed by atoms with Crippen LogP contribution in [0.2, 0.25) is 0 Å². The van der Waals surface area contributed by atoms with Crippen LogP contribution in [0.5, 0.6) is 0 Å². The van der Waals surface area contributed by atoms with Gasteiger partial charge in [0, 0.05) is 25.8 Å². The lowest BCUT2D eigenvalue weighted by Gasteiger charge is -2.19. The molecule has 0 bridgehead atoms. The number of hydrogen-bond donors (Lipinski definition) is 2. The van der Waals surface area contributed by atoms with Gasteiger partial charge in [0.25, 0.3) is 0 Å². The van der Waals surface area contributed by atoms with Crippen molar-refractivity contribution in [2.75, 3.05) is 26.4 Å². The molecule has 0 heterocycles. The summed E-state index contributed by atoms with van der Waals surface area (Å²) in [5.41, 5.74) is 0. The van der Waals surface area contributed by atoms with Crippen molar-refractivity contribution in [1.82, 2.24) is 5.32 Å². The third-order valence-corrected chi connectivity index (χ3v) is 3.71. The zero-order chi connectivity index (χ0) is 19.3. The summed E-state index contributed by atoms with van der Waals surface area (Å²) >= 11 is 0. The predicted molar refractivity (Wildman–Crippen MR) is 86.5 cm³/mol. The Morgan fingerprint density at radius 2 is 1.64 bits per heavy atom. The van der Waals surface area contributed by atoms with Gasteiger partial charge in [-0.25, -0.2) is 4.57 Å². The number of amides is 1. The highest BCUT2D eigenvalue weighted by Gasteiger charge is 2.25. The van der Waals surface area contributed by atoms with E-state index in [-0.39, 0.29) is 44.9 Å². The summed E-state index contributed by atoms with van der Waals surface area (Å²) in [5, 5.41) is 2.46. The largest absolute Gasteiger partial charge is 0.472 e. The number of esters is 2. The van der Waals surface area contributed by atoms with Crippen LogP contribution in [0.4, 0.5) is 0 Å². The van der Waals surface area contributed by atoms with Crippen molar-refractivity contribution in [3.05, 3.63) is 0 Å². The number of carbonyl (C=O) groups is 3. The van der Waals surface area contributed by atoms with Gasteiger partial charge in [-0.2, -0.15) is 0 Å². The van der Waals surface area contributed by atoms with Crippen molar-refractivity contribution in [1.29, 1.82) is 0 Å². The predicted octanol–water partition coefficient (Wildman–Crippen LogP) is 0.921. The summed E-state index contributed by atoms with van der Waals surface area (Å²) in [7, 11) is -4.40. The van der Waals surface area contributed by atoms with Crippen molar-refractivity contribution in [2.24, 2.45) is 0 Å². The van der Waals surface area contributed by atoms with E-state index >= 15 is 0 Å². The van der Waals surface area contributed by atoms with Gasteiger partial charge in [0.1, 0.15) is 6.61 Å². The molecule has 0 radical (unpaired) electrons. The van der Waals surface area contributed by atoms with E-state index in [2.05, 4.69) is 9.84 Å². The number of nitrogens with one attached hydrogen (secondary N) is 1. The van der Waals surface area contributed by atoms with Crippen molar-refractivity contribution in [3.63, 3.8) is 0 Å². The van der Waals surface area contributed by atoms with E-state index in [0.29, 0.717) is 0 Å². The van der Waals surface area contributed by atoms with E-state index in [9.17, 15) is 23.8 Å². The Kier molecular flexibility index (Phi) is 12.1. The number of rotatable bonds is 13. The van der Waals surface area contributed by atoms with E-state index in [0.717, 1.165) is 0 Å². The lowest BCUT2D eigenvalue weighted by molar-refractivity contribution is -0.160. The molecule has 1 amide bonds. The van der Waals surface area contributed by atoms with Gasteiger partial charge in [-0.3, -0.25) is 23.4 Å². The fraction of sp³-hybridized carbons (Fsp3) is 0.786. The van der Waals surface area contributed by atoms with E-state index in [1.807, 2.05) is 0 Å². The van der Waals surface area contributed by atoms with Crippen LogP contribution in [0.1, 0.15) is 40.0 Å². The topological polar surface area (TPSA) is 137 Å². The Balaban J connectivity index is 4.36. The molecule has 0 aromatic heterocycles. The first-order chi connectivity index (χ1) is 11.7. The highest BCUT2D eigenvalue weighted by Crippen LogP contribution is 2.43. The molecule has 11 heteroatoms. The minimum Gasteiger partial charge on any atom is -0.462 e. The Morgan fingerprint density at radius 3 is 2.20 bits per heavy atom. The molecule has 0 saturated carbocycles. The third kappa shape index (κ3) is 12.5. The molecule has 0 aliphatic rings. The van der Waals surface area contributed by atoms with Gasteiger partial charge >= 0.3 is 19.8 Å². The van der Waals surface area contributed by atoms with Crippen LogP contribution in [-0.2, 0) is 37.5 Å². The molecule has 0 aromatic rings. The molecule has 10 nitrogen and oxygen atoms in total. The highest BCUT2D eigenvalue weighted by atomic mass is 31.2. The molecule has 0 fully saturated rings. The van der Waals surface area contributed by atoms with Crippen LogP contribution >= 0.6 is 7.82 Å². The van der Waals surface area contributed by atoms with Crippen LogP contribution in [0.25, 0.3) is 0 Å². The van der Waals surface area contributed by atoms with Gasteiger partial charge in [0.2, 0.25) is 5.91 Å². The first-order valence-corrected chi connectivity index (χ1v) is 9.47. The molecule has 0 saturated heterocycles. The lowest BCUT2D eigenvalue weighted by Crippen LogP contribution is -2.29. The summed E-state index contributed by atoms with van der Waals surface area (Å²) in [6, 6.07) is 0. The fourth-order valence-corrected chi connectivity index (χ4v) is 2.12. The van der Waals surface area contributed by atoms with Gasteiger partial charge < -0.3 is 19.7 Å². The Morgan fingerprint density at radius 1 is 1.00 bits per heavy atom. The van der Waals surface area contributed by atoms with Crippen molar-refractivity contribution >= 4 is 25.7 Å². The second-order valence-corrected chi connectivity index (χ2v) is 6.26. The van der Waals surface area contributed by atoms with Crippen LogP contribution in [0, 0.1) is 0 Å². The normalized spacial score (nSPS) is 14.2. The smallest absolute Gasteiger partial charge is 0.462 e. The molecule has 25 heavy (non-hydrogen) atoms. The first-order valence-electron chi connectivity index (χ1n) is 7.97. The minimum atomic E-state index is -4.40. The van der Waals surface area contributed by atoms with Gasteiger partial charge in [-0.15, -0.1) is 0 Å². The number of carbonyl (C=O) groups excluding carboxylic acids is 3. The van der Waals surface area contributed by atoms with Crippen molar-refractivity contribution < 1.29 is 42.4 Å². The van der Waals surface area contributed by atoms with Gasteiger partial charge in [0.05, 0.1) is 13.2 Å². The standard InChI is InChI=1S/C14H26NO9P/c1-4-12(16)15-7-8-22-25(19,20)23-10-11(24-14(18)6-3)9-21-13(17)5-2/h11H,4-10H2,1-3H3,(H,15,16)(H,19,20). The van der Waals surface area contributed by atoms with E-state index < -0.39 is 32.5 Å².